The van der Waals surface area contributed by atoms with E-state index in [2.05, 4.69) is 19.2 Å². The van der Waals surface area contributed by atoms with E-state index in [1.54, 1.807) is 6.07 Å². The largest absolute Gasteiger partial charge is 0.477 e. The van der Waals surface area contributed by atoms with Crippen LogP contribution in [-0.4, -0.2) is 17.1 Å². The summed E-state index contributed by atoms with van der Waals surface area (Å²) in [5, 5.41) is 12.2. The highest BCUT2D eigenvalue weighted by molar-refractivity contribution is 7.13. The van der Waals surface area contributed by atoms with E-state index in [0.29, 0.717) is 10.9 Å². The van der Waals surface area contributed by atoms with E-state index in [9.17, 15) is 4.79 Å². The van der Waals surface area contributed by atoms with Gasteiger partial charge in [-0.2, -0.15) is 0 Å². The van der Waals surface area contributed by atoms with E-state index in [-0.39, 0.29) is 0 Å². The molecule has 1 unspecified atom stereocenters. The summed E-state index contributed by atoms with van der Waals surface area (Å²) in [5.41, 5.74) is 0. The maximum Gasteiger partial charge on any atom is 0.345 e. The molecule has 0 amide bonds. The van der Waals surface area contributed by atoms with E-state index in [0.717, 1.165) is 11.4 Å². The van der Waals surface area contributed by atoms with Gasteiger partial charge in [0.05, 0.1) is 0 Å². The van der Waals surface area contributed by atoms with Crippen molar-refractivity contribution >= 4 is 17.3 Å². The first-order chi connectivity index (χ1) is 8.13. The molecule has 0 fully saturated rings. The lowest BCUT2D eigenvalue weighted by Gasteiger charge is -2.12. The second-order valence-corrected chi connectivity index (χ2v) is 5.52. The van der Waals surface area contributed by atoms with Crippen LogP contribution in [0.3, 0.4) is 0 Å². The van der Waals surface area contributed by atoms with Crippen LogP contribution < -0.4 is 5.32 Å². The molecule has 4 heteroatoms. The first-order valence-electron chi connectivity index (χ1n) is 6.19. The van der Waals surface area contributed by atoms with Gasteiger partial charge in [-0.1, -0.05) is 26.2 Å². The van der Waals surface area contributed by atoms with Crippen LogP contribution in [0.25, 0.3) is 0 Å². The molecule has 0 aromatic carbocycles. The Bertz CT molecular complexity index is 349. The van der Waals surface area contributed by atoms with Crippen molar-refractivity contribution in [3.8, 4) is 0 Å². The average molecular weight is 255 g/mol. The standard InChI is InChI=1S/C13H21NO2S/c1-3-4-5-6-10(2)14-9-11-7-8-12(17-11)13(15)16/h7-8,10,14H,3-6,9H2,1-2H3,(H,15,16). The van der Waals surface area contributed by atoms with Gasteiger partial charge < -0.3 is 10.4 Å². The third kappa shape index (κ3) is 5.33. The van der Waals surface area contributed by atoms with Crippen LogP contribution in [-0.2, 0) is 6.54 Å². The van der Waals surface area contributed by atoms with Crippen molar-refractivity contribution in [1.29, 1.82) is 0 Å². The first kappa shape index (κ1) is 14.2. The van der Waals surface area contributed by atoms with Crippen LogP contribution in [0.4, 0.5) is 0 Å². The smallest absolute Gasteiger partial charge is 0.345 e. The zero-order valence-corrected chi connectivity index (χ0v) is 11.3. The number of nitrogens with one attached hydrogen (secondary N) is 1. The summed E-state index contributed by atoms with van der Waals surface area (Å²) in [6.45, 7) is 5.16. The van der Waals surface area contributed by atoms with Crippen molar-refractivity contribution in [3.05, 3.63) is 21.9 Å². The number of hydrogen-bond acceptors (Lipinski definition) is 3. The van der Waals surface area contributed by atoms with Gasteiger partial charge in [0.2, 0.25) is 0 Å². The number of unbranched alkanes of at least 4 members (excludes halogenated alkanes) is 2. The Morgan fingerprint density at radius 3 is 2.82 bits per heavy atom. The van der Waals surface area contributed by atoms with Crippen molar-refractivity contribution in [2.45, 2.75) is 52.1 Å². The fourth-order valence-corrected chi connectivity index (χ4v) is 2.46. The minimum Gasteiger partial charge on any atom is -0.477 e. The fourth-order valence-electron chi connectivity index (χ4n) is 1.67. The monoisotopic (exact) mass is 255 g/mol. The molecule has 0 saturated heterocycles. The Labute approximate surface area is 107 Å². The zero-order valence-electron chi connectivity index (χ0n) is 10.5. The normalized spacial score (nSPS) is 12.6. The maximum absolute atomic E-state index is 10.7. The Morgan fingerprint density at radius 1 is 1.47 bits per heavy atom. The van der Waals surface area contributed by atoms with Gasteiger partial charge in [-0.25, -0.2) is 4.79 Å². The highest BCUT2D eigenvalue weighted by Crippen LogP contribution is 2.16. The summed E-state index contributed by atoms with van der Waals surface area (Å²) >= 11 is 1.35. The molecular weight excluding hydrogens is 234 g/mol. The summed E-state index contributed by atoms with van der Waals surface area (Å²) in [6, 6.07) is 4.06. The third-order valence-corrected chi connectivity index (χ3v) is 3.81. The number of hydrogen-bond donors (Lipinski definition) is 2. The first-order valence-corrected chi connectivity index (χ1v) is 7.00. The summed E-state index contributed by atoms with van der Waals surface area (Å²) in [4.78, 5) is 12.2. The Hall–Kier alpha value is -0.870. The summed E-state index contributed by atoms with van der Waals surface area (Å²) < 4.78 is 0. The number of rotatable bonds is 8. The molecule has 0 aliphatic rings. The van der Waals surface area contributed by atoms with Crippen LogP contribution >= 0.6 is 11.3 Å². The number of carboxylic acid groups (broad SMARTS) is 1. The van der Waals surface area contributed by atoms with Crippen LogP contribution in [0.2, 0.25) is 0 Å². The number of thiophene rings is 1. The molecule has 1 heterocycles. The molecule has 0 spiro atoms. The minimum atomic E-state index is -0.836. The molecule has 0 aliphatic carbocycles. The molecule has 17 heavy (non-hydrogen) atoms. The van der Waals surface area contributed by atoms with E-state index in [1.165, 1.54) is 37.0 Å². The minimum absolute atomic E-state index is 0.417. The molecule has 0 radical (unpaired) electrons. The number of carbonyl (C=O) groups is 1. The highest BCUT2D eigenvalue weighted by Gasteiger charge is 2.07. The maximum atomic E-state index is 10.7. The fraction of sp³-hybridized carbons (Fsp3) is 0.615. The average Bonchev–Trinajstić information content (AvgIpc) is 2.75. The molecule has 2 N–H and O–H groups in total. The van der Waals surface area contributed by atoms with Gasteiger partial charge in [0.15, 0.2) is 0 Å². The summed E-state index contributed by atoms with van der Waals surface area (Å²) in [6.07, 6.45) is 4.98. The van der Waals surface area contributed by atoms with Crippen LogP contribution in [0, 0.1) is 0 Å². The van der Waals surface area contributed by atoms with Gasteiger partial charge in [-0.05, 0) is 25.5 Å². The van der Waals surface area contributed by atoms with E-state index >= 15 is 0 Å². The Morgan fingerprint density at radius 2 is 2.24 bits per heavy atom. The van der Waals surface area contributed by atoms with Gasteiger partial charge in [0, 0.05) is 17.5 Å². The number of aromatic carboxylic acids is 1. The molecule has 96 valence electrons. The molecule has 1 atom stereocenters. The molecule has 3 nitrogen and oxygen atoms in total. The second-order valence-electron chi connectivity index (χ2n) is 4.35. The zero-order chi connectivity index (χ0) is 12.7. The van der Waals surface area contributed by atoms with Crippen LogP contribution in [0.5, 0.6) is 0 Å². The topological polar surface area (TPSA) is 49.3 Å². The lowest BCUT2D eigenvalue weighted by Crippen LogP contribution is -2.24. The summed E-state index contributed by atoms with van der Waals surface area (Å²) in [5.74, 6) is -0.836. The van der Waals surface area contributed by atoms with Gasteiger partial charge in [0.25, 0.3) is 0 Å². The summed E-state index contributed by atoms with van der Waals surface area (Å²) in [7, 11) is 0. The second kappa shape index (κ2) is 7.45. The van der Waals surface area contributed by atoms with Gasteiger partial charge in [0.1, 0.15) is 4.88 Å². The molecular formula is C13H21NO2S. The molecule has 0 aliphatic heterocycles. The Balaban J connectivity index is 2.26. The van der Waals surface area contributed by atoms with Crippen molar-refractivity contribution in [2.75, 3.05) is 0 Å². The quantitative estimate of drug-likeness (QED) is 0.699. The Kier molecular flexibility index (Phi) is 6.22. The lowest BCUT2D eigenvalue weighted by molar-refractivity contribution is 0.0702. The predicted octanol–water partition coefficient (Wildman–Crippen LogP) is 3.50. The highest BCUT2D eigenvalue weighted by atomic mass is 32.1. The van der Waals surface area contributed by atoms with Gasteiger partial charge >= 0.3 is 5.97 Å². The SMILES string of the molecule is CCCCCC(C)NCc1ccc(C(=O)O)s1. The lowest BCUT2D eigenvalue weighted by atomic mass is 10.1. The number of carboxylic acids is 1. The third-order valence-electron chi connectivity index (χ3n) is 2.74. The van der Waals surface area contributed by atoms with Gasteiger partial charge in [-0.3, -0.25) is 0 Å². The predicted molar refractivity (Wildman–Crippen MR) is 71.7 cm³/mol. The molecule has 0 saturated carbocycles. The molecule has 1 aromatic rings. The van der Waals surface area contributed by atoms with Crippen molar-refractivity contribution in [3.63, 3.8) is 0 Å². The van der Waals surface area contributed by atoms with Crippen molar-refractivity contribution in [1.82, 2.24) is 5.32 Å². The molecule has 0 bridgehead atoms. The molecule has 1 aromatic heterocycles. The van der Waals surface area contributed by atoms with Crippen LogP contribution in [0.15, 0.2) is 12.1 Å². The van der Waals surface area contributed by atoms with Crippen molar-refractivity contribution < 1.29 is 9.90 Å². The van der Waals surface area contributed by atoms with E-state index < -0.39 is 5.97 Å². The van der Waals surface area contributed by atoms with Crippen molar-refractivity contribution in [2.24, 2.45) is 0 Å². The van der Waals surface area contributed by atoms with E-state index in [4.69, 9.17) is 5.11 Å². The van der Waals surface area contributed by atoms with Crippen LogP contribution in [0.1, 0.15) is 54.1 Å². The van der Waals surface area contributed by atoms with Gasteiger partial charge in [-0.15, -0.1) is 11.3 Å². The van der Waals surface area contributed by atoms with E-state index in [1.807, 2.05) is 6.07 Å². The molecule has 1 rings (SSSR count).